The van der Waals surface area contributed by atoms with E-state index < -0.39 is 0 Å². The second kappa shape index (κ2) is 4.75. The van der Waals surface area contributed by atoms with Crippen LogP contribution in [-0.4, -0.2) is 15.1 Å². The molecule has 0 aliphatic carbocycles. The summed E-state index contributed by atoms with van der Waals surface area (Å²) >= 11 is 3.12. The van der Waals surface area contributed by atoms with E-state index in [9.17, 15) is 0 Å². The number of nitrogen functional groups attached to an aromatic ring is 1. The zero-order valence-electron chi connectivity index (χ0n) is 10.5. The Labute approximate surface area is 118 Å². The number of hydrogen-bond acceptors (Lipinski definition) is 7. The van der Waals surface area contributed by atoms with Gasteiger partial charge in [0.2, 0.25) is 0 Å². The molecule has 3 rings (SSSR count). The molecule has 0 atom stereocenters. The lowest BCUT2D eigenvalue weighted by Gasteiger charge is -1.89. The van der Waals surface area contributed by atoms with E-state index in [4.69, 9.17) is 10.3 Å². The van der Waals surface area contributed by atoms with Crippen molar-refractivity contribution < 1.29 is 4.52 Å². The average molecular weight is 292 g/mol. The second-order valence-electron chi connectivity index (χ2n) is 4.21. The van der Waals surface area contributed by atoms with Crippen molar-refractivity contribution in [2.45, 2.75) is 20.3 Å². The first-order valence-electron chi connectivity index (χ1n) is 5.71. The predicted molar refractivity (Wildman–Crippen MR) is 76.4 cm³/mol. The highest BCUT2D eigenvalue weighted by atomic mass is 32.1. The van der Waals surface area contributed by atoms with Gasteiger partial charge in [0.25, 0.3) is 5.89 Å². The fourth-order valence-corrected chi connectivity index (χ4v) is 3.30. The van der Waals surface area contributed by atoms with Crippen LogP contribution in [0.25, 0.3) is 11.5 Å². The fourth-order valence-electron chi connectivity index (χ4n) is 1.75. The third-order valence-electron chi connectivity index (χ3n) is 2.56. The van der Waals surface area contributed by atoms with Crippen molar-refractivity contribution >= 4 is 27.7 Å². The van der Waals surface area contributed by atoms with Crippen LogP contribution in [-0.2, 0) is 6.42 Å². The number of aryl methyl sites for hydroxylation is 2. The van der Waals surface area contributed by atoms with Crippen molar-refractivity contribution in [2.75, 3.05) is 5.73 Å². The van der Waals surface area contributed by atoms with Crippen LogP contribution in [0.1, 0.15) is 21.4 Å². The summed E-state index contributed by atoms with van der Waals surface area (Å²) in [6.45, 7) is 3.97. The van der Waals surface area contributed by atoms with E-state index in [1.807, 2.05) is 25.3 Å². The van der Waals surface area contributed by atoms with E-state index in [1.54, 1.807) is 11.3 Å². The summed E-state index contributed by atoms with van der Waals surface area (Å²) in [4.78, 5) is 9.89. The summed E-state index contributed by atoms with van der Waals surface area (Å²) in [5.41, 5.74) is 7.75. The van der Waals surface area contributed by atoms with Crippen LogP contribution in [0.3, 0.4) is 0 Å². The van der Waals surface area contributed by atoms with Gasteiger partial charge in [0, 0.05) is 16.0 Å². The van der Waals surface area contributed by atoms with Crippen LogP contribution in [0, 0.1) is 13.8 Å². The first-order chi connectivity index (χ1) is 9.11. The number of thiophene rings is 1. The molecule has 19 heavy (non-hydrogen) atoms. The van der Waals surface area contributed by atoms with Crippen LogP contribution in [0.2, 0.25) is 0 Å². The highest BCUT2D eigenvalue weighted by Crippen LogP contribution is 2.32. The number of nitrogens with zero attached hydrogens (tertiary/aromatic N) is 3. The SMILES string of the molecule is Cc1csc(Cc2noc(-c3cc(C)sc3N)n2)n1. The molecule has 0 amide bonds. The molecule has 0 radical (unpaired) electrons. The van der Waals surface area contributed by atoms with Gasteiger partial charge >= 0.3 is 0 Å². The van der Waals surface area contributed by atoms with E-state index in [1.165, 1.54) is 11.3 Å². The molecule has 0 unspecified atom stereocenters. The number of rotatable bonds is 3. The number of hydrogen-bond donors (Lipinski definition) is 1. The van der Waals surface area contributed by atoms with Gasteiger partial charge in [0.15, 0.2) is 5.82 Å². The van der Waals surface area contributed by atoms with Gasteiger partial charge in [-0.25, -0.2) is 4.98 Å². The van der Waals surface area contributed by atoms with Gasteiger partial charge in [-0.1, -0.05) is 5.16 Å². The van der Waals surface area contributed by atoms with Crippen LogP contribution in [0.5, 0.6) is 0 Å². The summed E-state index contributed by atoms with van der Waals surface area (Å²) < 4.78 is 5.27. The van der Waals surface area contributed by atoms with Gasteiger partial charge < -0.3 is 10.3 Å². The molecule has 3 aromatic rings. The molecule has 0 aromatic carbocycles. The number of anilines is 1. The fraction of sp³-hybridized carbons (Fsp3) is 0.250. The maximum absolute atomic E-state index is 5.92. The highest BCUT2D eigenvalue weighted by Gasteiger charge is 2.15. The molecule has 5 nitrogen and oxygen atoms in total. The lowest BCUT2D eigenvalue weighted by molar-refractivity contribution is 0.424. The number of nitrogens with two attached hydrogens (primary N) is 1. The van der Waals surface area contributed by atoms with Crippen molar-refractivity contribution in [3.63, 3.8) is 0 Å². The van der Waals surface area contributed by atoms with Crippen LogP contribution in [0.4, 0.5) is 5.00 Å². The quantitative estimate of drug-likeness (QED) is 0.802. The smallest absolute Gasteiger partial charge is 0.260 e. The molecule has 0 spiro atoms. The van der Waals surface area contributed by atoms with Crippen LogP contribution in [0.15, 0.2) is 16.0 Å². The van der Waals surface area contributed by atoms with E-state index in [-0.39, 0.29) is 0 Å². The zero-order chi connectivity index (χ0) is 13.4. The Morgan fingerprint density at radius 1 is 1.32 bits per heavy atom. The van der Waals surface area contributed by atoms with E-state index in [0.717, 1.165) is 21.1 Å². The number of thiazole rings is 1. The van der Waals surface area contributed by atoms with Gasteiger partial charge in [-0.15, -0.1) is 22.7 Å². The summed E-state index contributed by atoms with van der Waals surface area (Å²) in [7, 11) is 0. The van der Waals surface area contributed by atoms with Gasteiger partial charge in [-0.3, -0.25) is 0 Å². The normalized spacial score (nSPS) is 11.1. The molecule has 7 heteroatoms. The molecule has 0 aliphatic rings. The summed E-state index contributed by atoms with van der Waals surface area (Å²) in [5.74, 6) is 1.11. The summed E-state index contributed by atoms with van der Waals surface area (Å²) in [6, 6.07) is 1.96. The van der Waals surface area contributed by atoms with E-state index in [2.05, 4.69) is 15.1 Å². The van der Waals surface area contributed by atoms with Gasteiger partial charge in [0.1, 0.15) is 5.01 Å². The third kappa shape index (κ3) is 2.52. The summed E-state index contributed by atoms with van der Waals surface area (Å²) in [6.07, 6.45) is 0.588. The highest BCUT2D eigenvalue weighted by molar-refractivity contribution is 7.16. The van der Waals surface area contributed by atoms with E-state index in [0.29, 0.717) is 23.1 Å². The monoisotopic (exact) mass is 292 g/mol. The molecule has 0 saturated carbocycles. The molecular formula is C12H12N4OS2. The maximum Gasteiger partial charge on any atom is 0.260 e. The average Bonchev–Trinajstić information content (AvgIpc) is 3.02. The topological polar surface area (TPSA) is 77.8 Å². The minimum Gasteiger partial charge on any atom is -0.390 e. The Morgan fingerprint density at radius 2 is 2.16 bits per heavy atom. The Hall–Kier alpha value is -1.73. The second-order valence-corrected chi connectivity index (χ2v) is 6.44. The largest absolute Gasteiger partial charge is 0.390 e. The van der Waals surface area contributed by atoms with Crippen molar-refractivity contribution in [3.8, 4) is 11.5 Å². The maximum atomic E-state index is 5.92. The van der Waals surface area contributed by atoms with Crippen molar-refractivity contribution in [3.05, 3.63) is 32.8 Å². The Balaban J connectivity index is 1.85. The lowest BCUT2D eigenvalue weighted by Crippen LogP contribution is -1.90. The van der Waals surface area contributed by atoms with Crippen molar-refractivity contribution in [2.24, 2.45) is 0 Å². The first-order valence-corrected chi connectivity index (χ1v) is 7.41. The lowest BCUT2D eigenvalue weighted by atomic mass is 10.3. The number of aromatic nitrogens is 3. The zero-order valence-corrected chi connectivity index (χ0v) is 12.1. The standard InChI is InChI=1S/C12H12N4OS2/c1-6-5-18-10(14-6)4-9-15-12(17-16-9)8-3-7(2)19-11(8)13/h3,5H,4,13H2,1-2H3. The third-order valence-corrected chi connectivity index (χ3v) is 4.40. The molecule has 0 bridgehead atoms. The van der Waals surface area contributed by atoms with E-state index >= 15 is 0 Å². The minimum absolute atomic E-state index is 0.477. The Kier molecular flexibility index (Phi) is 3.08. The van der Waals surface area contributed by atoms with Crippen LogP contribution < -0.4 is 5.73 Å². The molecule has 3 heterocycles. The summed E-state index contributed by atoms with van der Waals surface area (Å²) in [5, 5.41) is 7.68. The van der Waals surface area contributed by atoms with Crippen molar-refractivity contribution in [1.29, 1.82) is 0 Å². The molecular weight excluding hydrogens is 280 g/mol. The molecule has 2 N–H and O–H groups in total. The molecule has 3 aromatic heterocycles. The molecule has 0 saturated heterocycles. The minimum atomic E-state index is 0.477. The van der Waals surface area contributed by atoms with Gasteiger partial charge in [0.05, 0.1) is 17.0 Å². The van der Waals surface area contributed by atoms with Crippen molar-refractivity contribution in [1.82, 2.24) is 15.1 Å². The van der Waals surface area contributed by atoms with Gasteiger partial charge in [-0.05, 0) is 19.9 Å². The molecule has 0 fully saturated rings. The Morgan fingerprint density at radius 3 is 2.79 bits per heavy atom. The predicted octanol–water partition coefficient (Wildman–Crippen LogP) is 3.04. The van der Waals surface area contributed by atoms with Crippen LogP contribution >= 0.6 is 22.7 Å². The molecule has 0 aliphatic heterocycles. The Bertz CT molecular complexity index is 713. The van der Waals surface area contributed by atoms with Gasteiger partial charge in [-0.2, -0.15) is 4.98 Å². The first kappa shape index (κ1) is 12.3. The molecule has 98 valence electrons.